The zero-order valence-corrected chi connectivity index (χ0v) is 16.0. The molecule has 1 atom stereocenters. The molecule has 3 heterocycles. The molecule has 1 fully saturated rings. The first kappa shape index (κ1) is 17.1. The summed E-state index contributed by atoms with van der Waals surface area (Å²) in [6.45, 7) is 7.76. The SMILES string of the molecule is CCOC(=O)C1(C(C)C)CCN(c2ncnc3c2c(Br)nn3C)C1. The lowest BCUT2D eigenvalue weighted by molar-refractivity contribution is -0.156. The van der Waals surface area contributed by atoms with Gasteiger partial charge in [-0.15, -0.1) is 0 Å². The molecule has 0 saturated carbocycles. The Morgan fingerprint density at radius 3 is 2.88 bits per heavy atom. The van der Waals surface area contributed by atoms with Gasteiger partial charge in [0.1, 0.15) is 16.7 Å². The lowest BCUT2D eigenvalue weighted by Gasteiger charge is -2.31. The predicted octanol–water partition coefficient (Wildman–Crippen LogP) is 2.54. The first-order valence-corrected chi connectivity index (χ1v) is 8.95. The fourth-order valence-electron chi connectivity index (χ4n) is 3.43. The van der Waals surface area contributed by atoms with Crippen LogP contribution in [-0.2, 0) is 16.6 Å². The Labute approximate surface area is 149 Å². The third-order valence-corrected chi connectivity index (χ3v) is 5.50. The van der Waals surface area contributed by atoms with E-state index >= 15 is 0 Å². The number of halogens is 1. The third-order valence-electron chi connectivity index (χ3n) is 4.95. The molecule has 8 heteroatoms. The van der Waals surface area contributed by atoms with Crippen molar-refractivity contribution in [2.45, 2.75) is 27.2 Å². The van der Waals surface area contributed by atoms with Crippen LogP contribution in [0.5, 0.6) is 0 Å². The fraction of sp³-hybridized carbons (Fsp3) is 0.625. The maximum absolute atomic E-state index is 12.6. The molecule has 1 aliphatic heterocycles. The summed E-state index contributed by atoms with van der Waals surface area (Å²) in [7, 11) is 1.85. The van der Waals surface area contributed by atoms with Crippen molar-refractivity contribution in [2.24, 2.45) is 18.4 Å². The van der Waals surface area contributed by atoms with Crippen LogP contribution in [0.2, 0.25) is 0 Å². The first-order chi connectivity index (χ1) is 11.4. The van der Waals surface area contributed by atoms with E-state index in [-0.39, 0.29) is 11.9 Å². The van der Waals surface area contributed by atoms with E-state index in [9.17, 15) is 4.79 Å². The number of nitrogens with zero attached hydrogens (tertiary/aromatic N) is 5. The number of hydrogen-bond donors (Lipinski definition) is 0. The summed E-state index contributed by atoms with van der Waals surface area (Å²) in [6.07, 6.45) is 2.30. The maximum Gasteiger partial charge on any atom is 0.314 e. The highest BCUT2D eigenvalue weighted by atomic mass is 79.9. The Morgan fingerprint density at radius 1 is 1.46 bits per heavy atom. The van der Waals surface area contributed by atoms with Crippen molar-refractivity contribution >= 4 is 38.8 Å². The van der Waals surface area contributed by atoms with Crippen molar-refractivity contribution in [1.82, 2.24) is 19.7 Å². The molecule has 0 bridgehead atoms. The van der Waals surface area contributed by atoms with E-state index in [1.165, 1.54) is 0 Å². The highest BCUT2D eigenvalue weighted by Crippen LogP contribution is 2.42. The summed E-state index contributed by atoms with van der Waals surface area (Å²) in [5.74, 6) is 0.890. The monoisotopic (exact) mass is 395 g/mol. The van der Waals surface area contributed by atoms with Crippen molar-refractivity contribution < 1.29 is 9.53 Å². The van der Waals surface area contributed by atoms with Crippen LogP contribution < -0.4 is 4.90 Å². The normalized spacial score (nSPS) is 21.0. The van der Waals surface area contributed by atoms with E-state index in [2.05, 4.69) is 49.7 Å². The number of ether oxygens (including phenoxy) is 1. The van der Waals surface area contributed by atoms with Crippen molar-refractivity contribution in [3.63, 3.8) is 0 Å². The number of carbonyl (C=O) groups is 1. The van der Waals surface area contributed by atoms with Crippen LogP contribution in [0.1, 0.15) is 27.2 Å². The molecule has 1 unspecified atom stereocenters. The summed E-state index contributed by atoms with van der Waals surface area (Å²) >= 11 is 3.50. The lowest BCUT2D eigenvalue weighted by atomic mass is 9.76. The molecule has 7 nitrogen and oxygen atoms in total. The lowest BCUT2D eigenvalue weighted by Crippen LogP contribution is -2.40. The van der Waals surface area contributed by atoms with Gasteiger partial charge in [-0.2, -0.15) is 5.10 Å². The van der Waals surface area contributed by atoms with Crippen LogP contribution in [0.4, 0.5) is 5.82 Å². The average molecular weight is 396 g/mol. The highest BCUT2D eigenvalue weighted by Gasteiger charge is 2.49. The second-order valence-corrected chi connectivity index (χ2v) is 7.26. The van der Waals surface area contributed by atoms with Crippen LogP contribution in [0.15, 0.2) is 10.9 Å². The molecule has 1 aliphatic rings. The molecular weight excluding hydrogens is 374 g/mol. The topological polar surface area (TPSA) is 73.1 Å². The third kappa shape index (κ3) is 2.56. The van der Waals surface area contributed by atoms with Gasteiger partial charge in [-0.25, -0.2) is 14.6 Å². The van der Waals surface area contributed by atoms with Crippen molar-refractivity contribution in [3.8, 4) is 0 Å². The Balaban J connectivity index is 2.00. The summed E-state index contributed by atoms with van der Waals surface area (Å²) in [4.78, 5) is 23.5. The molecule has 3 rings (SSSR count). The van der Waals surface area contributed by atoms with E-state index in [4.69, 9.17) is 4.74 Å². The summed E-state index contributed by atoms with van der Waals surface area (Å²) in [5.41, 5.74) is 0.271. The summed E-state index contributed by atoms with van der Waals surface area (Å²) in [5, 5.41) is 5.25. The molecule has 2 aromatic heterocycles. The molecule has 0 N–H and O–H groups in total. The molecule has 0 aromatic carbocycles. The van der Waals surface area contributed by atoms with Gasteiger partial charge >= 0.3 is 5.97 Å². The number of fused-ring (bicyclic) bond motifs is 1. The van der Waals surface area contributed by atoms with Gasteiger partial charge in [-0.1, -0.05) is 13.8 Å². The molecule has 2 aromatic rings. The van der Waals surface area contributed by atoms with Gasteiger partial charge in [0.2, 0.25) is 0 Å². The van der Waals surface area contributed by atoms with Gasteiger partial charge < -0.3 is 9.64 Å². The van der Waals surface area contributed by atoms with Crippen LogP contribution in [0.3, 0.4) is 0 Å². The van der Waals surface area contributed by atoms with Crippen LogP contribution >= 0.6 is 15.9 Å². The molecule has 1 saturated heterocycles. The van der Waals surface area contributed by atoms with Crippen LogP contribution in [0.25, 0.3) is 11.0 Å². The van der Waals surface area contributed by atoms with Gasteiger partial charge in [0.05, 0.1) is 17.4 Å². The number of aryl methyl sites for hydroxylation is 1. The summed E-state index contributed by atoms with van der Waals surface area (Å²) in [6, 6.07) is 0. The first-order valence-electron chi connectivity index (χ1n) is 8.16. The van der Waals surface area contributed by atoms with Crippen molar-refractivity contribution in [1.29, 1.82) is 0 Å². The molecule has 0 radical (unpaired) electrons. The highest BCUT2D eigenvalue weighted by molar-refractivity contribution is 9.10. The Hall–Kier alpha value is -1.70. The number of rotatable bonds is 4. The van der Waals surface area contributed by atoms with E-state index < -0.39 is 5.41 Å². The second-order valence-electron chi connectivity index (χ2n) is 6.51. The largest absolute Gasteiger partial charge is 0.466 e. The van der Waals surface area contributed by atoms with Crippen LogP contribution in [-0.4, -0.2) is 45.4 Å². The fourth-order valence-corrected chi connectivity index (χ4v) is 4.02. The Kier molecular flexibility index (Phi) is 4.50. The van der Waals surface area contributed by atoms with Gasteiger partial charge in [0.25, 0.3) is 0 Å². The number of anilines is 1. The van der Waals surface area contributed by atoms with E-state index in [0.717, 1.165) is 29.8 Å². The molecule has 0 amide bonds. The van der Waals surface area contributed by atoms with E-state index in [1.807, 2.05) is 14.0 Å². The van der Waals surface area contributed by atoms with Gasteiger partial charge in [-0.3, -0.25) is 4.79 Å². The quantitative estimate of drug-likeness (QED) is 0.740. The smallest absolute Gasteiger partial charge is 0.314 e. The predicted molar refractivity (Wildman–Crippen MR) is 94.7 cm³/mol. The van der Waals surface area contributed by atoms with Gasteiger partial charge in [0, 0.05) is 20.1 Å². The minimum Gasteiger partial charge on any atom is -0.466 e. The molecular formula is C16H22BrN5O2. The number of aromatic nitrogens is 4. The number of hydrogen-bond acceptors (Lipinski definition) is 6. The number of esters is 1. The molecule has 130 valence electrons. The van der Waals surface area contributed by atoms with Gasteiger partial charge in [0.15, 0.2) is 5.65 Å². The number of carbonyl (C=O) groups excluding carboxylic acids is 1. The second kappa shape index (κ2) is 6.31. The minimum absolute atomic E-state index is 0.113. The van der Waals surface area contributed by atoms with E-state index in [0.29, 0.717) is 17.8 Å². The summed E-state index contributed by atoms with van der Waals surface area (Å²) < 4.78 is 7.81. The minimum atomic E-state index is -0.498. The zero-order chi connectivity index (χ0) is 17.5. The molecule has 0 aliphatic carbocycles. The average Bonchev–Trinajstić information content (AvgIpc) is 3.11. The van der Waals surface area contributed by atoms with Gasteiger partial charge in [-0.05, 0) is 35.2 Å². The Bertz CT molecular complexity index is 775. The van der Waals surface area contributed by atoms with E-state index in [1.54, 1.807) is 11.0 Å². The van der Waals surface area contributed by atoms with Crippen LogP contribution in [0, 0.1) is 11.3 Å². The standard InChI is InChI=1S/C16H22BrN5O2/c1-5-24-15(23)16(10(2)3)6-7-22(8-16)14-11-12(17)20-21(4)13(11)18-9-19-14/h9-10H,5-8H2,1-4H3. The zero-order valence-electron chi connectivity index (χ0n) is 14.4. The van der Waals surface area contributed by atoms with Crippen molar-refractivity contribution in [2.75, 3.05) is 24.6 Å². The Morgan fingerprint density at radius 2 is 2.21 bits per heavy atom. The maximum atomic E-state index is 12.6. The van der Waals surface area contributed by atoms with Crippen molar-refractivity contribution in [3.05, 3.63) is 10.9 Å². The molecule has 0 spiro atoms. The molecule has 24 heavy (non-hydrogen) atoms.